The maximum Gasteiger partial charge on any atom is 0.322 e. The molecule has 0 aromatic carbocycles. The molecule has 3 amide bonds. The summed E-state index contributed by atoms with van der Waals surface area (Å²) in [7, 11) is 0. The molecule has 90 valence electrons. The first kappa shape index (κ1) is 11.5. The first-order valence-corrected chi connectivity index (χ1v) is 5.19. The topological polar surface area (TPSA) is 104 Å². The van der Waals surface area contributed by atoms with Crippen molar-refractivity contribution in [2.45, 2.75) is 18.4 Å². The smallest absolute Gasteiger partial charge is 0.322 e. The van der Waals surface area contributed by atoms with Gasteiger partial charge in [0.15, 0.2) is 0 Å². The maximum absolute atomic E-state index is 11.9. The second-order valence-electron chi connectivity index (χ2n) is 3.77. The Morgan fingerprint density at radius 1 is 1.29 bits per heavy atom. The second kappa shape index (κ2) is 4.46. The van der Waals surface area contributed by atoms with Crippen molar-refractivity contribution in [3.63, 3.8) is 0 Å². The Morgan fingerprint density at radius 3 is 2.53 bits per heavy atom. The molecule has 1 saturated heterocycles. The summed E-state index contributed by atoms with van der Waals surface area (Å²) in [5, 5.41) is 13.6. The van der Waals surface area contributed by atoms with Gasteiger partial charge in [0, 0.05) is 24.6 Å². The van der Waals surface area contributed by atoms with Crippen LogP contribution in [-0.2, 0) is 10.3 Å². The first-order valence-electron chi connectivity index (χ1n) is 5.19. The van der Waals surface area contributed by atoms with Crippen LogP contribution in [0.3, 0.4) is 0 Å². The van der Waals surface area contributed by atoms with E-state index < -0.39 is 17.5 Å². The zero-order valence-corrected chi connectivity index (χ0v) is 9.01. The molecular weight excluding hydrogens is 224 g/mol. The Balaban J connectivity index is 2.37. The fourth-order valence-corrected chi connectivity index (χ4v) is 1.88. The van der Waals surface area contributed by atoms with Crippen LogP contribution in [0.4, 0.5) is 4.79 Å². The molecule has 0 saturated carbocycles. The van der Waals surface area contributed by atoms with Gasteiger partial charge < -0.3 is 10.4 Å². The summed E-state index contributed by atoms with van der Waals surface area (Å²) in [6, 6.07) is -0.545. The van der Waals surface area contributed by atoms with Crippen molar-refractivity contribution in [2.24, 2.45) is 0 Å². The van der Waals surface area contributed by atoms with Crippen molar-refractivity contribution < 1.29 is 14.7 Å². The van der Waals surface area contributed by atoms with Gasteiger partial charge in [0.2, 0.25) is 0 Å². The minimum absolute atomic E-state index is 0.0570. The zero-order valence-electron chi connectivity index (χ0n) is 9.01. The molecule has 17 heavy (non-hydrogen) atoms. The average molecular weight is 236 g/mol. The highest BCUT2D eigenvalue weighted by molar-refractivity contribution is 6.07. The third kappa shape index (κ3) is 1.96. The molecule has 1 aromatic rings. The second-order valence-corrected chi connectivity index (χ2v) is 3.77. The molecule has 0 radical (unpaired) electrons. The van der Waals surface area contributed by atoms with Crippen LogP contribution in [0.1, 0.15) is 18.4 Å². The SMILES string of the molecule is O=C1NC(=O)C(CCCO)(c2cncnc2)N1. The summed E-state index contributed by atoms with van der Waals surface area (Å²) in [5.74, 6) is -0.439. The molecule has 1 fully saturated rings. The molecule has 2 heterocycles. The van der Waals surface area contributed by atoms with E-state index in [2.05, 4.69) is 20.6 Å². The minimum atomic E-state index is -1.17. The first-order chi connectivity index (χ1) is 8.19. The summed E-state index contributed by atoms with van der Waals surface area (Å²) >= 11 is 0. The number of urea groups is 1. The molecule has 7 heteroatoms. The molecule has 2 rings (SSSR count). The predicted molar refractivity (Wildman–Crippen MR) is 56.7 cm³/mol. The number of rotatable bonds is 4. The standard InChI is InChI=1S/C10H12N4O3/c15-3-1-2-10(7-4-11-6-12-5-7)8(16)13-9(17)14-10/h4-6,15H,1-3H2,(H2,13,14,16,17). The van der Waals surface area contributed by atoms with E-state index in [1.807, 2.05) is 0 Å². The molecule has 1 aliphatic rings. The molecule has 0 aliphatic carbocycles. The summed E-state index contributed by atoms with van der Waals surface area (Å²) in [6.07, 6.45) is 5.00. The van der Waals surface area contributed by atoms with Gasteiger partial charge in [-0.3, -0.25) is 10.1 Å². The van der Waals surface area contributed by atoms with Crippen LogP contribution in [0.25, 0.3) is 0 Å². The number of carbonyl (C=O) groups is 2. The summed E-state index contributed by atoms with van der Waals surface area (Å²) in [5.41, 5.74) is -0.655. The predicted octanol–water partition coefficient (Wildman–Crippen LogP) is -0.716. The van der Waals surface area contributed by atoms with Crippen molar-refractivity contribution in [1.29, 1.82) is 0 Å². The molecule has 0 spiro atoms. The number of imide groups is 1. The van der Waals surface area contributed by atoms with Crippen molar-refractivity contribution >= 4 is 11.9 Å². The third-order valence-corrected chi connectivity index (χ3v) is 2.70. The number of aromatic nitrogens is 2. The Kier molecular flexibility index (Phi) is 3.01. The number of nitrogens with one attached hydrogen (secondary N) is 2. The maximum atomic E-state index is 11.9. The van der Waals surface area contributed by atoms with E-state index in [0.29, 0.717) is 18.4 Å². The van der Waals surface area contributed by atoms with Crippen LogP contribution in [0.5, 0.6) is 0 Å². The fraction of sp³-hybridized carbons (Fsp3) is 0.400. The summed E-state index contributed by atoms with van der Waals surface area (Å²) < 4.78 is 0. The van der Waals surface area contributed by atoms with E-state index in [4.69, 9.17) is 5.11 Å². The highest BCUT2D eigenvalue weighted by Gasteiger charge is 2.47. The van der Waals surface area contributed by atoms with Crippen molar-refractivity contribution in [3.05, 3.63) is 24.3 Å². The van der Waals surface area contributed by atoms with Gasteiger partial charge in [-0.2, -0.15) is 0 Å². The van der Waals surface area contributed by atoms with Gasteiger partial charge in [-0.1, -0.05) is 0 Å². The quantitative estimate of drug-likeness (QED) is 0.599. The lowest BCUT2D eigenvalue weighted by Crippen LogP contribution is -2.44. The van der Waals surface area contributed by atoms with Gasteiger partial charge in [0.05, 0.1) is 0 Å². The number of aliphatic hydroxyl groups excluding tert-OH is 1. The third-order valence-electron chi connectivity index (χ3n) is 2.70. The van der Waals surface area contributed by atoms with E-state index >= 15 is 0 Å². The van der Waals surface area contributed by atoms with Crippen LogP contribution >= 0.6 is 0 Å². The molecule has 1 unspecified atom stereocenters. The van der Waals surface area contributed by atoms with Crippen LogP contribution in [0, 0.1) is 0 Å². The average Bonchev–Trinajstić information content (AvgIpc) is 2.64. The van der Waals surface area contributed by atoms with Crippen molar-refractivity contribution in [2.75, 3.05) is 6.61 Å². The number of aliphatic hydroxyl groups is 1. The van der Waals surface area contributed by atoms with E-state index in [1.54, 1.807) is 0 Å². The van der Waals surface area contributed by atoms with Gasteiger partial charge in [-0.15, -0.1) is 0 Å². The Morgan fingerprint density at radius 2 is 2.00 bits per heavy atom. The number of hydrogen-bond acceptors (Lipinski definition) is 5. The summed E-state index contributed by atoms with van der Waals surface area (Å²) in [4.78, 5) is 30.8. The highest BCUT2D eigenvalue weighted by atomic mass is 16.3. The Bertz CT molecular complexity index is 436. The van der Waals surface area contributed by atoms with Crippen LogP contribution < -0.4 is 10.6 Å². The molecule has 3 N–H and O–H groups in total. The van der Waals surface area contributed by atoms with Gasteiger partial charge in [-0.05, 0) is 12.8 Å². The van der Waals surface area contributed by atoms with Gasteiger partial charge in [-0.25, -0.2) is 14.8 Å². The van der Waals surface area contributed by atoms with E-state index in [0.717, 1.165) is 0 Å². The van der Waals surface area contributed by atoms with Crippen molar-refractivity contribution in [1.82, 2.24) is 20.6 Å². The lowest BCUT2D eigenvalue weighted by Gasteiger charge is -2.25. The molecule has 1 atom stereocenters. The normalized spacial score (nSPS) is 23.4. The van der Waals surface area contributed by atoms with Crippen LogP contribution in [0.15, 0.2) is 18.7 Å². The summed E-state index contributed by atoms with van der Waals surface area (Å²) in [6.45, 7) is -0.0570. The van der Waals surface area contributed by atoms with Gasteiger partial charge in [0.25, 0.3) is 5.91 Å². The largest absolute Gasteiger partial charge is 0.396 e. The molecule has 0 bridgehead atoms. The highest BCUT2D eigenvalue weighted by Crippen LogP contribution is 2.28. The monoisotopic (exact) mass is 236 g/mol. The van der Waals surface area contributed by atoms with Gasteiger partial charge in [0.1, 0.15) is 11.9 Å². The molecular formula is C10H12N4O3. The van der Waals surface area contributed by atoms with Gasteiger partial charge >= 0.3 is 6.03 Å². The molecule has 1 aromatic heterocycles. The van der Waals surface area contributed by atoms with E-state index in [1.165, 1.54) is 18.7 Å². The Hall–Kier alpha value is -2.02. The van der Waals surface area contributed by atoms with Crippen LogP contribution in [-0.4, -0.2) is 33.6 Å². The number of carbonyl (C=O) groups excluding carboxylic acids is 2. The molecule has 1 aliphatic heterocycles. The fourth-order valence-electron chi connectivity index (χ4n) is 1.88. The number of nitrogens with zero attached hydrogens (tertiary/aromatic N) is 2. The lowest BCUT2D eigenvalue weighted by atomic mass is 9.87. The molecule has 7 nitrogen and oxygen atoms in total. The number of hydrogen-bond donors (Lipinski definition) is 3. The number of amides is 3. The van der Waals surface area contributed by atoms with Crippen LogP contribution in [0.2, 0.25) is 0 Å². The Labute approximate surface area is 97.3 Å². The van der Waals surface area contributed by atoms with E-state index in [9.17, 15) is 9.59 Å². The zero-order chi connectivity index (χ0) is 12.3. The van der Waals surface area contributed by atoms with E-state index in [-0.39, 0.29) is 6.61 Å². The minimum Gasteiger partial charge on any atom is -0.396 e. The lowest BCUT2D eigenvalue weighted by molar-refractivity contribution is -0.124. The van der Waals surface area contributed by atoms with Crippen molar-refractivity contribution in [3.8, 4) is 0 Å².